The molecule has 1 heterocycles. The first kappa shape index (κ1) is 15.0. The molecule has 19 heavy (non-hydrogen) atoms. The predicted octanol–water partition coefficient (Wildman–Crippen LogP) is 5.45. The van der Waals surface area contributed by atoms with E-state index in [4.69, 9.17) is 11.6 Å². The Morgan fingerprint density at radius 3 is 2.63 bits per heavy atom. The van der Waals surface area contributed by atoms with Crippen LogP contribution in [0, 0.1) is 0 Å². The number of benzene rings is 1. The van der Waals surface area contributed by atoms with E-state index in [2.05, 4.69) is 51.7 Å². The van der Waals surface area contributed by atoms with Crippen LogP contribution in [0.2, 0.25) is 5.02 Å². The third-order valence-electron chi connectivity index (χ3n) is 2.93. The average molecular weight is 359 g/mol. The lowest BCUT2D eigenvalue weighted by molar-refractivity contribution is 0.536. The first-order chi connectivity index (χ1) is 9.19. The van der Waals surface area contributed by atoms with Gasteiger partial charge in [0.15, 0.2) is 0 Å². The molecule has 0 aliphatic heterocycles. The van der Waals surface area contributed by atoms with Gasteiger partial charge < -0.3 is 5.32 Å². The molecule has 0 radical (unpaired) electrons. The van der Waals surface area contributed by atoms with E-state index in [1.54, 1.807) is 11.3 Å². The van der Waals surface area contributed by atoms with Crippen LogP contribution in [0.25, 0.3) is 0 Å². The van der Waals surface area contributed by atoms with E-state index in [1.807, 2.05) is 12.1 Å². The summed E-state index contributed by atoms with van der Waals surface area (Å²) in [5.41, 5.74) is 1.31. The summed E-state index contributed by atoms with van der Waals surface area (Å²) in [6.45, 7) is 3.23. The molecule has 2 rings (SSSR count). The molecule has 0 spiro atoms. The number of hydrogen-bond donors (Lipinski definition) is 1. The van der Waals surface area contributed by atoms with E-state index in [0.29, 0.717) is 6.04 Å². The second kappa shape index (κ2) is 7.44. The molecule has 0 aliphatic rings. The fourth-order valence-corrected chi connectivity index (χ4v) is 3.61. The highest BCUT2D eigenvalue weighted by Crippen LogP contribution is 2.28. The summed E-state index contributed by atoms with van der Waals surface area (Å²) in [5.74, 6) is 0. The van der Waals surface area contributed by atoms with Gasteiger partial charge in [-0.15, -0.1) is 11.3 Å². The molecular formula is C15H17BrClNS. The summed E-state index contributed by atoms with van der Waals surface area (Å²) in [4.78, 5) is 1.37. The summed E-state index contributed by atoms with van der Waals surface area (Å²) < 4.78 is 1.16. The van der Waals surface area contributed by atoms with Crippen molar-refractivity contribution in [3.63, 3.8) is 0 Å². The van der Waals surface area contributed by atoms with Crippen molar-refractivity contribution in [2.24, 2.45) is 0 Å². The number of rotatable bonds is 6. The third kappa shape index (κ3) is 4.60. The second-order valence-electron chi connectivity index (χ2n) is 4.50. The lowest BCUT2D eigenvalue weighted by Gasteiger charge is -2.17. The van der Waals surface area contributed by atoms with Gasteiger partial charge in [-0.2, -0.15) is 0 Å². The second-order valence-corrected chi connectivity index (χ2v) is 6.80. The first-order valence-electron chi connectivity index (χ1n) is 6.40. The fourth-order valence-electron chi connectivity index (χ4n) is 1.96. The van der Waals surface area contributed by atoms with E-state index in [0.717, 1.165) is 28.9 Å². The standard InChI is InChI=1S/C15H17BrClNS/c1-2-7-18-14(15-9-12(16)10-19-15)8-11-3-5-13(17)6-4-11/h3-6,9-10,14,18H,2,7-8H2,1H3. The van der Waals surface area contributed by atoms with E-state index in [9.17, 15) is 0 Å². The zero-order valence-corrected chi connectivity index (χ0v) is 14.0. The normalized spacial score (nSPS) is 12.6. The minimum atomic E-state index is 0.373. The molecule has 102 valence electrons. The Kier molecular flexibility index (Phi) is 5.89. The molecule has 0 aliphatic carbocycles. The van der Waals surface area contributed by atoms with Crippen molar-refractivity contribution in [2.75, 3.05) is 6.54 Å². The zero-order valence-electron chi connectivity index (χ0n) is 10.8. The van der Waals surface area contributed by atoms with Gasteiger partial charge in [0.2, 0.25) is 0 Å². The van der Waals surface area contributed by atoms with Crippen LogP contribution in [0.5, 0.6) is 0 Å². The summed E-state index contributed by atoms with van der Waals surface area (Å²) in [5, 5.41) is 6.55. The maximum atomic E-state index is 5.93. The van der Waals surface area contributed by atoms with Gasteiger partial charge in [-0.1, -0.05) is 30.7 Å². The van der Waals surface area contributed by atoms with Crippen LogP contribution in [0.1, 0.15) is 29.8 Å². The SMILES string of the molecule is CCCNC(Cc1ccc(Cl)cc1)c1cc(Br)cs1. The van der Waals surface area contributed by atoms with Gasteiger partial charge in [0.1, 0.15) is 0 Å². The topological polar surface area (TPSA) is 12.0 Å². The summed E-state index contributed by atoms with van der Waals surface area (Å²) in [6.07, 6.45) is 2.13. The molecule has 1 N–H and O–H groups in total. The van der Waals surface area contributed by atoms with Crippen molar-refractivity contribution in [3.8, 4) is 0 Å². The molecule has 1 aromatic carbocycles. The van der Waals surface area contributed by atoms with Gasteiger partial charge in [-0.3, -0.25) is 0 Å². The number of hydrogen-bond acceptors (Lipinski definition) is 2. The number of thiophene rings is 1. The summed E-state index contributed by atoms with van der Waals surface area (Å²) in [6, 6.07) is 10.7. The smallest absolute Gasteiger partial charge is 0.0456 e. The van der Waals surface area contributed by atoms with Crippen LogP contribution in [-0.4, -0.2) is 6.54 Å². The van der Waals surface area contributed by atoms with Crippen molar-refractivity contribution in [1.82, 2.24) is 5.32 Å². The fraction of sp³-hybridized carbons (Fsp3) is 0.333. The first-order valence-corrected chi connectivity index (χ1v) is 8.46. The van der Waals surface area contributed by atoms with E-state index in [-0.39, 0.29) is 0 Å². The number of nitrogens with one attached hydrogen (secondary N) is 1. The monoisotopic (exact) mass is 357 g/mol. The zero-order chi connectivity index (χ0) is 13.7. The molecule has 0 fully saturated rings. The van der Waals surface area contributed by atoms with E-state index < -0.39 is 0 Å². The highest BCUT2D eigenvalue weighted by molar-refractivity contribution is 9.10. The lowest BCUT2D eigenvalue weighted by Crippen LogP contribution is -2.23. The molecule has 0 bridgehead atoms. The molecule has 0 amide bonds. The molecule has 1 atom stereocenters. The maximum absolute atomic E-state index is 5.93. The van der Waals surface area contributed by atoms with Crippen LogP contribution >= 0.6 is 38.9 Å². The highest BCUT2D eigenvalue weighted by atomic mass is 79.9. The van der Waals surface area contributed by atoms with Gasteiger partial charge in [-0.25, -0.2) is 0 Å². The number of halogens is 2. The van der Waals surface area contributed by atoms with Crippen molar-refractivity contribution in [3.05, 3.63) is 55.6 Å². The Hall–Kier alpha value is -0.350. The maximum Gasteiger partial charge on any atom is 0.0456 e. The van der Waals surface area contributed by atoms with Crippen LogP contribution in [0.3, 0.4) is 0 Å². The predicted molar refractivity (Wildman–Crippen MR) is 88.2 cm³/mol. The molecule has 4 heteroatoms. The molecule has 1 aromatic heterocycles. The van der Waals surface area contributed by atoms with Crippen LogP contribution in [-0.2, 0) is 6.42 Å². The molecular weight excluding hydrogens is 342 g/mol. The molecule has 2 aromatic rings. The summed E-state index contributed by atoms with van der Waals surface area (Å²) >= 11 is 11.3. The molecule has 1 unspecified atom stereocenters. The Morgan fingerprint density at radius 2 is 2.05 bits per heavy atom. The van der Waals surface area contributed by atoms with E-state index >= 15 is 0 Å². The Morgan fingerprint density at radius 1 is 1.32 bits per heavy atom. The molecule has 1 nitrogen and oxygen atoms in total. The minimum absolute atomic E-state index is 0.373. The Labute approximate surface area is 132 Å². The van der Waals surface area contributed by atoms with Crippen LogP contribution in [0.4, 0.5) is 0 Å². The van der Waals surface area contributed by atoms with E-state index in [1.165, 1.54) is 10.4 Å². The van der Waals surface area contributed by atoms with Gasteiger partial charge >= 0.3 is 0 Å². The largest absolute Gasteiger partial charge is 0.309 e. The minimum Gasteiger partial charge on any atom is -0.309 e. The lowest BCUT2D eigenvalue weighted by atomic mass is 10.0. The van der Waals surface area contributed by atoms with Crippen molar-refractivity contribution < 1.29 is 0 Å². The third-order valence-corrected chi connectivity index (χ3v) is 4.98. The highest BCUT2D eigenvalue weighted by Gasteiger charge is 2.13. The van der Waals surface area contributed by atoms with Crippen molar-refractivity contribution >= 4 is 38.9 Å². The van der Waals surface area contributed by atoms with Crippen molar-refractivity contribution in [2.45, 2.75) is 25.8 Å². The Bertz CT molecular complexity index is 509. The van der Waals surface area contributed by atoms with Crippen LogP contribution < -0.4 is 5.32 Å². The quantitative estimate of drug-likeness (QED) is 0.724. The van der Waals surface area contributed by atoms with Gasteiger partial charge in [0, 0.05) is 25.8 Å². The van der Waals surface area contributed by atoms with Gasteiger partial charge in [0.05, 0.1) is 0 Å². The van der Waals surface area contributed by atoms with Gasteiger partial charge in [0.25, 0.3) is 0 Å². The summed E-state index contributed by atoms with van der Waals surface area (Å²) in [7, 11) is 0. The van der Waals surface area contributed by atoms with Gasteiger partial charge in [-0.05, 0) is 59.1 Å². The molecule has 0 saturated heterocycles. The van der Waals surface area contributed by atoms with Crippen molar-refractivity contribution in [1.29, 1.82) is 0 Å². The van der Waals surface area contributed by atoms with Crippen LogP contribution in [0.15, 0.2) is 40.2 Å². The Balaban J connectivity index is 2.11. The molecule has 0 saturated carbocycles. The average Bonchev–Trinajstić information content (AvgIpc) is 2.83.